The number of nitrogens with two attached hydrogens (primary N) is 1. The quantitative estimate of drug-likeness (QED) is 0.452. The van der Waals surface area contributed by atoms with Crippen LogP contribution in [0.15, 0.2) is 18.5 Å². The van der Waals surface area contributed by atoms with Gasteiger partial charge in [0.15, 0.2) is 5.82 Å². The Balaban J connectivity index is 1.47. The highest BCUT2D eigenvalue weighted by molar-refractivity contribution is 5.91. The van der Waals surface area contributed by atoms with Crippen molar-refractivity contribution in [2.75, 3.05) is 11.9 Å². The molecule has 11 heteroatoms. The van der Waals surface area contributed by atoms with Crippen LogP contribution in [0.2, 0.25) is 0 Å². The number of esters is 1. The van der Waals surface area contributed by atoms with E-state index < -0.39 is 35.4 Å². The first-order chi connectivity index (χ1) is 15.6. The smallest absolute Gasteiger partial charge is 0.307 e. The molecule has 0 bridgehead atoms. The molecule has 0 unspecified atom stereocenters. The standard InChI is InChI=1S/C22H31N5O6/c1-13(28)26-20-14-6-7-16(27(14)25-12-24-20)21(2)19(31)18(30)15(33-21)11-32-17(29)10-22(23)8-4-3-5-9-22/h6-7,12,15,18-19,30-31H,3-5,8-11,23H2,1-2H3,(H,24,25,26,28)/t15-,18-,19-,21+/m1/s1. The molecule has 180 valence electrons. The largest absolute Gasteiger partial charge is 0.463 e. The van der Waals surface area contributed by atoms with Crippen molar-refractivity contribution < 1.29 is 29.3 Å². The second-order valence-electron chi connectivity index (χ2n) is 9.29. The normalized spacial score (nSPS) is 29.2. The number of ether oxygens (including phenoxy) is 2. The van der Waals surface area contributed by atoms with Crippen LogP contribution in [0.25, 0.3) is 5.52 Å². The van der Waals surface area contributed by atoms with Crippen LogP contribution in [-0.4, -0.2) is 67.1 Å². The van der Waals surface area contributed by atoms with Crippen LogP contribution in [0.5, 0.6) is 0 Å². The van der Waals surface area contributed by atoms with Gasteiger partial charge in [-0.2, -0.15) is 5.10 Å². The van der Waals surface area contributed by atoms with Crippen molar-refractivity contribution in [1.82, 2.24) is 14.6 Å². The lowest BCUT2D eigenvalue weighted by molar-refractivity contribution is -0.153. The van der Waals surface area contributed by atoms with Crippen molar-refractivity contribution in [3.05, 3.63) is 24.2 Å². The molecule has 1 saturated carbocycles. The fourth-order valence-electron chi connectivity index (χ4n) is 4.85. The summed E-state index contributed by atoms with van der Waals surface area (Å²) in [5.74, 6) is -0.421. The number of aliphatic hydroxyl groups excluding tert-OH is 2. The zero-order valence-electron chi connectivity index (χ0n) is 18.9. The molecule has 0 radical (unpaired) electrons. The number of nitrogens with one attached hydrogen (secondary N) is 1. The number of fused-ring (bicyclic) bond motifs is 1. The van der Waals surface area contributed by atoms with Gasteiger partial charge in [0.1, 0.15) is 42.4 Å². The lowest BCUT2D eigenvalue weighted by Gasteiger charge is -2.32. The first kappa shape index (κ1) is 23.6. The fraction of sp³-hybridized carbons (Fsp3) is 0.636. The molecule has 4 rings (SSSR count). The van der Waals surface area contributed by atoms with Crippen molar-refractivity contribution in [2.45, 2.75) is 81.8 Å². The van der Waals surface area contributed by atoms with Crippen LogP contribution in [0.4, 0.5) is 5.82 Å². The van der Waals surface area contributed by atoms with E-state index in [1.54, 1.807) is 19.1 Å². The highest BCUT2D eigenvalue weighted by atomic mass is 16.6. The van der Waals surface area contributed by atoms with Gasteiger partial charge in [0.05, 0.1) is 12.1 Å². The summed E-state index contributed by atoms with van der Waals surface area (Å²) in [4.78, 5) is 27.9. The molecule has 0 aromatic carbocycles. The number of anilines is 1. The van der Waals surface area contributed by atoms with Gasteiger partial charge in [-0.15, -0.1) is 0 Å². The number of hydrogen-bond donors (Lipinski definition) is 4. The van der Waals surface area contributed by atoms with Crippen LogP contribution in [0.1, 0.15) is 58.1 Å². The molecule has 1 amide bonds. The molecular weight excluding hydrogens is 430 g/mol. The average Bonchev–Trinajstić information content (AvgIpc) is 3.29. The number of carbonyl (C=O) groups excluding carboxylic acids is 2. The van der Waals surface area contributed by atoms with Crippen molar-refractivity contribution in [1.29, 1.82) is 0 Å². The molecule has 1 aliphatic carbocycles. The third kappa shape index (κ3) is 4.58. The summed E-state index contributed by atoms with van der Waals surface area (Å²) in [5.41, 5.74) is 5.40. The van der Waals surface area contributed by atoms with Crippen molar-refractivity contribution in [3.8, 4) is 0 Å². The zero-order chi connectivity index (χ0) is 23.8. The Kier molecular flexibility index (Phi) is 6.41. The molecule has 2 aromatic rings. The van der Waals surface area contributed by atoms with Gasteiger partial charge in [-0.3, -0.25) is 9.59 Å². The van der Waals surface area contributed by atoms with Crippen LogP contribution < -0.4 is 11.1 Å². The monoisotopic (exact) mass is 461 g/mol. The number of carbonyl (C=O) groups is 2. The Labute approximate surface area is 191 Å². The Bertz CT molecular complexity index is 1040. The maximum Gasteiger partial charge on any atom is 0.307 e. The number of rotatable bonds is 6. The van der Waals surface area contributed by atoms with E-state index in [0.717, 1.165) is 32.1 Å². The minimum atomic E-state index is -1.34. The SMILES string of the molecule is CC(=O)Nc1ncnn2c([C@]3(C)O[C@H](COC(=O)CC4(N)CCCCC4)[C@@H](O)[C@H]3O)ccc12. The molecule has 3 heterocycles. The third-order valence-electron chi connectivity index (χ3n) is 6.67. The maximum absolute atomic E-state index is 12.4. The van der Waals surface area contributed by atoms with E-state index >= 15 is 0 Å². The number of aliphatic hydroxyl groups is 2. The van der Waals surface area contributed by atoms with Gasteiger partial charge in [0.25, 0.3) is 0 Å². The summed E-state index contributed by atoms with van der Waals surface area (Å²) in [5, 5.41) is 28.3. The first-order valence-electron chi connectivity index (χ1n) is 11.2. The van der Waals surface area contributed by atoms with E-state index in [0.29, 0.717) is 17.0 Å². The van der Waals surface area contributed by atoms with Gasteiger partial charge in [-0.1, -0.05) is 19.3 Å². The highest BCUT2D eigenvalue weighted by Crippen LogP contribution is 2.40. The summed E-state index contributed by atoms with van der Waals surface area (Å²) in [6.45, 7) is 2.79. The Morgan fingerprint density at radius 3 is 2.73 bits per heavy atom. The molecule has 1 aliphatic heterocycles. The summed E-state index contributed by atoms with van der Waals surface area (Å²) in [6.07, 6.45) is 2.54. The van der Waals surface area contributed by atoms with E-state index in [1.165, 1.54) is 17.8 Å². The van der Waals surface area contributed by atoms with Gasteiger partial charge in [-0.25, -0.2) is 9.50 Å². The molecule has 2 aromatic heterocycles. The topological polar surface area (TPSA) is 161 Å². The van der Waals surface area contributed by atoms with Crippen LogP contribution >= 0.6 is 0 Å². The van der Waals surface area contributed by atoms with Crippen LogP contribution in [0, 0.1) is 0 Å². The Morgan fingerprint density at radius 1 is 1.30 bits per heavy atom. The van der Waals surface area contributed by atoms with E-state index in [9.17, 15) is 19.8 Å². The number of aromatic nitrogens is 3. The van der Waals surface area contributed by atoms with E-state index in [-0.39, 0.29) is 18.9 Å². The van der Waals surface area contributed by atoms with Crippen LogP contribution in [0.3, 0.4) is 0 Å². The number of hydrogen-bond acceptors (Lipinski definition) is 9. The molecule has 11 nitrogen and oxygen atoms in total. The Hall–Kier alpha value is -2.60. The maximum atomic E-state index is 12.4. The second-order valence-corrected chi connectivity index (χ2v) is 9.29. The third-order valence-corrected chi connectivity index (χ3v) is 6.67. The number of amides is 1. The van der Waals surface area contributed by atoms with Gasteiger partial charge in [0, 0.05) is 12.5 Å². The minimum absolute atomic E-state index is 0.113. The van der Waals surface area contributed by atoms with E-state index in [2.05, 4.69) is 15.4 Å². The summed E-state index contributed by atoms with van der Waals surface area (Å²) >= 11 is 0. The first-order valence-corrected chi connectivity index (χ1v) is 11.2. The van der Waals surface area contributed by atoms with Gasteiger partial charge in [0.2, 0.25) is 5.91 Å². The molecule has 33 heavy (non-hydrogen) atoms. The number of nitrogens with zero attached hydrogens (tertiary/aromatic N) is 3. The summed E-state index contributed by atoms with van der Waals surface area (Å²) in [6, 6.07) is 3.37. The predicted molar refractivity (Wildman–Crippen MR) is 117 cm³/mol. The molecular formula is C22H31N5O6. The Morgan fingerprint density at radius 2 is 2.03 bits per heavy atom. The van der Waals surface area contributed by atoms with Crippen molar-refractivity contribution >= 4 is 23.2 Å². The van der Waals surface area contributed by atoms with E-state index in [4.69, 9.17) is 15.2 Å². The molecule has 2 aliphatic rings. The van der Waals surface area contributed by atoms with Gasteiger partial charge in [-0.05, 0) is 31.9 Å². The fourth-order valence-corrected chi connectivity index (χ4v) is 4.85. The molecule has 1 saturated heterocycles. The van der Waals surface area contributed by atoms with Crippen LogP contribution in [-0.2, 0) is 24.7 Å². The van der Waals surface area contributed by atoms with Gasteiger partial charge < -0.3 is 30.7 Å². The molecule has 0 spiro atoms. The van der Waals surface area contributed by atoms with Crippen molar-refractivity contribution in [3.63, 3.8) is 0 Å². The minimum Gasteiger partial charge on any atom is -0.463 e. The summed E-state index contributed by atoms with van der Waals surface area (Å²) in [7, 11) is 0. The van der Waals surface area contributed by atoms with Gasteiger partial charge >= 0.3 is 5.97 Å². The lowest BCUT2D eigenvalue weighted by atomic mass is 9.80. The average molecular weight is 462 g/mol. The molecule has 4 atom stereocenters. The summed E-state index contributed by atoms with van der Waals surface area (Å²) < 4.78 is 12.9. The second kappa shape index (κ2) is 8.98. The zero-order valence-corrected chi connectivity index (χ0v) is 18.9. The lowest BCUT2D eigenvalue weighted by Crippen LogP contribution is -2.44. The molecule has 5 N–H and O–H groups in total. The predicted octanol–water partition coefficient (Wildman–Crippen LogP) is 0.618. The highest BCUT2D eigenvalue weighted by Gasteiger charge is 2.54. The van der Waals surface area contributed by atoms with Crippen molar-refractivity contribution in [2.24, 2.45) is 5.73 Å². The van der Waals surface area contributed by atoms with E-state index in [1.807, 2.05) is 0 Å². The molecule has 2 fully saturated rings.